The summed E-state index contributed by atoms with van der Waals surface area (Å²) in [7, 11) is 0. The smallest absolute Gasteiger partial charge is 0.298 e. The van der Waals surface area contributed by atoms with Gasteiger partial charge < -0.3 is 4.98 Å². The summed E-state index contributed by atoms with van der Waals surface area (Å²) in [6, 6.07) is 5.87. The van der Waals surface area contributed by atoms with Crippen molar-refractivity contribution in [2.24, 2.45) is 11.0 Å². The third-order valence-corrected chi connectivity index (χ3v) is 5.28. The Bertz CT molecular complexity index is 1090. The first kappa shape index (κ1) is 16.3. The van der Waals surface area contributed by atoms with Gasteiger partial charge in [0, 0.05) is 21.6 Å². The van der Waals surface area contributed by atoms with Gasteiger partial charge in [0.05, 0.1) is 0 Å². The number of fused-ring (bicyclic) bond motifs is 3. The molecular formula is C19H19BrN4O. The van der Waals surface area contributed by atoms with E-state index in [-0.39, 0.29) is 5.56 Å². The van der Waals surface area contributed by atoms with Crippen LogP contribution in [-0.2, 0) is 0 Å². The van der Waals surface area contributed by atoms with Gasteiger partial charge in [-0.3, -0.25) is 4.79 Å². The fraction of sp³-hybridized carbons (Fsp3) is 0.316. The number of nitrogens with one attached hydrogen (secondary N) is 1. The second kappa shape index (κ2) is 6.26. The van der Waals surface area contributed by atoms with Gasteiger partial charge in [-0.15, -0.1) is 0 Å². The molecule has 1 aliphatic rings. The average molecular weight is 399 g/mol. The lowest BCUT2D eigenvalue weighted by molar-refractivity contribution is 0.601. The highest BCUT2D eigenvalue weighted by molar-refractivity contribution is 9.10. The fourth-order valence-electron chi connectivity index (χ4n) is 3.30. The molecule has 6 heteroatoms. The Morgan fingerprint density at radius 1 is 1.40 bits per heavy atom. The van der Waals surface area contributed by atoms with Gasteiger partial charge in [0.1, 0.15) is 16.9 Å². The Morgan fingerprint density at radius 3 is 3.00 bits per heavy atom. The van der Waals surface area contributed by atoms with E-state index < -0.39 is 0 Å². The lowest BCUT2D eigenvalue weighted by Crippen LogP contribution is -2.21. The molecule has 1 N–H and O–H groups in total. The van der Waals surface area contributed by atoms with Crippen LogP contribution < -0.4 is 5.56 Å². The number of hydrogen-bond donors (Lipinski definition) is 1. The quantitative estimate of drug-likeness (QED) is 0.508. The molecule has 0 saturated carbocycles. The fourth-order valence-corrected chi connectivity index (χ4v) is 3.66. The van der Waals surface area contributed by atoms with E-state index in [0.717, 1.165) is 34.6 Å². The molecule has 1 unspecified atom stereocenters. The molecule has 3 aromatic rings. The van der Waals surface area contributed by atoms with Crippen molar-refractivity contribution >= 4 is 44.1 Å². The third-order valence-electron chi connectivity index (χ3n) is 4.79. The summed E-state index contributed by atoms with van der Waals surface area (Å²) >= 11 is 3.47. The predicted molar refractivity (Wildman–Crippen MR) is 105 cm³/mol. The van der Waals surface area contributed by atoms with E-state index in [2.05, 4.69) is 44.0 Å². The van der Waals surface area contributed by atoms with Crippen molar-refractivity contribution in [3.8, 4) is 0 Å². The lowest BCUT2D eigenvalue weighted by Gasteiger charge is -2.16. The lowest BCUT2D eigenvalue weighted by atomic mass is 9.91. The number of hydrogen-bond acceptors (Lipinski definition) is 3. The molecule has 2 heterocycles. The number of rotatable bonds is 2. The monoisotopic (exact) mass is 398 g/mol. The van der Waals surface area contributed by atoms with Crippen molar-refractivity contribution in [2.45, 2.75) is 33.1 Å². The van der Waals surface area contributed by atoms with Gasteiger partial charge in [0.2, 0.25) is 0 Å². The van der Waals surface area contributed by atoms with Crippen LogP contribution in [0.2, 0.25) is 0 Å². The number of aromatic nitrogens is 3. The Kier molecular flexibility index (Phi) is 4.07. The highest BCUT2D eigenvalue weighted by Gasteiger charge is 2.14. The van der Waals surface area contributed by atoms with Crippen LogP contribution in [0.3, 0.4) is 0 Å². The molecule has 0 saturated heterocycles. The SMILES string of the molecule is CC1=CCC(C=Nn2c(C)nc3c([nH]c4ccc(Br)cc43)c2=O)CC1. The van der Waals surface area contributed by atoms with Crippen LogP contribution in [0.4, 0.5) is 0 Å². The molecule has 0 aliphatic heterocycles. The third kappa shape index (κ3) is 2.95. The number of H-pyrrole nitrogens is 1. The zero-order chi connectivity index (χ0) is 17.6. The van der Waals surface area contributed by atoms with Crippen molar-refractivity contribution in [1.29, 1.82) is 0 Å². The number of nitrogens with zero attached hydrogens (tertiary/aromatic N) is 3. The van der Waals surface area contributed by atoms with Crippen LogP contribution >= 0.6 is 15.9 Å². The summed E-state index contributed by atoms with van der Waals surface area (Å²) in [5.41, 5.74) is 3.37. The van der Waals surface area contributed by atoms with E-state index in [0.29, 0.717) is 22.8 Å². The molecule has 2 aromatic heterocycles. The maximum atomic E-state index is 12.9. The van der Waals surface area contributed by atoms with Crippen molar-refractivity contribution in [2.75, 3.05) is 0 Å². The van der Waals surface area contributed by atoms with E-state index >= 15 is 0 Å². The van der Waals surface area contributed by atoms with Crippen molar-refractivity contribution < 1.29 is 0 Å². The Labute approximate surface area is 153 Å². The van der Waals surface area contributed by atoms with E-state index in [4.69, 9.17) is 0 Å². The largest absolute Gasteiger partial charge is 0.349 e. The Hall–Kier alpha value is -2.21. The number of benzene rings is 1. The molecule has 0 fully saturated rings. The normalized spacial score (nSPS) is 18.4. The maximum Gasteiger partial charge on any atom is 0.298 e. The van der Waals surface area contributed by atoms with E-state index in [1.165, 1.54) is 10.2 Å². The summed E-state index contributed by atoms with van der Waals surface area (Å²) in [4.78, 5) is 20.7. The number of halogens is 1. The summed E-state index contributed by atoms with van der Waals surface area (Å²) in [6.07, 6.45) is 7.31. The molecule has 128 valence electrons. The molecule has 1 aromatic carbocycles. The zero-order valence-electron chi connectivity index (χ0n) is 14.2. The molecule has 25 heavy (non-hydrogen) atoms. The second-order valence-electron chi connectivity index (χ2n) is 6.66. The first-order valence-corrected chi connectivity index (χ1v) is 9.23. The van der Waals surface area contributed by atoms with Crippen LogP contribution in [0.15, 0.2) is 44.2 Å². The van der Waals surface area contributed by atoms with E-state index in [1.807, 2.05) is 31.3 Å². The molecule has 0 bridgehead atoms. The highest BCUT2D eigenvalue weighted by atomic mass is 79.9. The highest BCUT2D eigenvalue weighted by Crippen LogP contribution is 2.25. The van der Waals surface area contributed by atoms with Crippen LogP contribution in [-0.4, -0.2) is 20.9 Å². The van der Waals surface area contributed by atoms with Gasteiger partial charge in [-0.1, -0.05) is 27.6 Å². The summed E-state index contributed by atoms with van der Waals surface area (Å²) < 4.78 is 2.36. The minimum absolute atomic E-state index is 0.159. The molecule has 4 rings (SSSR count). The molecular weight excluding hydrogens is 380 g/mol. The molecule has 0 amide bonds. The van der Waals surface area contributed by atoms with E-state index in [1.54, 1.807) is 0 Å². The summed E-state index contributed by atoms with van der Waals surface area (Å²) in [6.45, 7) is 3.98. The first-order chi connectivity index (χ1) is 12.0. The average Bonchev–Trinajstić information content (AvgIpc) is 2.94. The molecule has 5 nitrogen and oxygen atoms in total. The number of aromatic amines is 1. The van der Waals surface area contributed by atoms with Gasteiger partial charge in [-0.25, -0.2) is 4.98 Å². The van der Waals surface area contributed by atoms with Crippen molar-refractivity contribution in [3.63, 3.8) is 0 Å². The number of allylic oxidation sites excluding steroid dienone is 2. The summed E-state index contributed by atoms with van der Waals surface area (Å²) in [5, 5.41) is 5.39. The second-order valence-corrected chi connectivity index (χ2v) is 7.58. The Balaban J connectivity index is 1.80. The van der Waals surface area contributed by atoms with Gasteiger partial charge in [-0.2, -0.15) is 9.78 Å². The predicted octanol–water partition coefficient (Wildman–Crippen LogP) is 4.53. The minimum atomic E-state index is -0.159. The van der Waals surface area contributed by atoms with Crippen LogP contribution in [0.25, 0.3) is 21.9 Å². The van der Waals surface area contributed by atoms with Crippen LogP contribution in [0, 0.1) is 12.8 Å². The Morgan fingerprint density at radius 2 is 2.24 bits per heavy atom. The first-order valence-electron chi connectivity index (χ1n) is 8.43. The summed E-state index contributed by atoms with van der Waals surface area (Å²) in [5.74, 6) is 0.974. The van der Waals surface area contributed by atoms with Crippen LogP contribution in [0.5, 0.6) is 0 Å². The van der Waals surface area contributed by atoms with Crippen LogP contribution in [0.1, 0.15) is 32.0 Å². The van der Waals surface area contributed by atoms with Crippen molar-refractivity contribution in [3.05, 3.63) is 50.5 Å². The van der Waals surface area contributed by atoms with Gasteiger partial charge in [0.25, 0.3) is 5.56 Å². The number of aryl methyl sites for hydroxylation is 1. The van der Waals surface area contributed by atoms with E-state index in [9.17, 15) is 4.79 Å². The molecule has 1 atom stereocenters. The van der Waals surface area contributed by atoms with Gasteiger partial charge >= 0.3 is 0 Å². The van der Waals surface area contributed by atoms with Crippen molar-refractivity contribution in [1.82, 2.24) is 14.6 Å². The molecule has 1 aliphatic carbocycles. The zero-order valence-corrected chi connectivity index (χ0v) is 15.8. The topological polar surface area (TPSA) is 63.0 Å². The van der Waals surface area contributed by atoms with Gasteiger partial charge in [-0.05, 0) is 57.2 Å². The molecule has 0 radical (unpaired) electrons. The minimum Gasteiger partial charge on any atom is -0.349 e. The molecule has 0 spiro atoms. The standard InChI is InChI=1S/C19H19BrN4O/c1-11-3-5-13(6-4-11)10-21-24-12(2)22-17-15-9-14(20)7-8-16(15)23-18(17)19(24)25/h3,7-10,13,23H,4-6H2,1-2H3. The maximum absolute atomic E-state index is 12.9. The van der Waals surface area contributed by atoms with Gasteiger partial charge in [0.15, 0.2) is 0 Å².